The van der Waals surface area contributed by atoms with Crippen LogP contribution >= 0.6 is 12.4 Å². The minimum atomic E-state index is -0.527. The molecule has 0 aliphatic rings. The van der Waals surface area contributed by atoms with Crippen molar-refractivity contribution in [1.82, 2.24) is 5.32 Å². The molecule has 0 amide bonds. The quantitative estimate of drug-likeness (QED) is 0.869. The Morgan fingerprint density at radius 1 is 1.28 bits per heavy atom. The molecule has 1 aromatic carbocycles. The highest BCUT2D eigenvalue weighted by atomic mass is 35.5. The van der Waals surface area contributed by atoms with Crippen LogP contribution in [0.3, 0.4) is 0 Å². The van der Waals surface area contributed by atoms with Crippen molar-refractivity contribution in [2.24, 2.45) is 11.7 Å². The molecule has 0 spiro atoms. The SMILES string of the molecule is CC(C)C(C)(CN)NCc1c(F)cccc1F.Cl. The Morgan fingerprint density at radius 2 is 1.78 bits per heavy atom. The molecule has 0 bridgehead atoms. The minimum Gasteiger partial charge on any atom is -0.329 e. The first-order valence-electron chi connectivity index (χ1n) is 5.78. The van der Waals surface area contributed by atoms with Crippen molar-refractivity contribution in [3.63, 3.8) is 0 Å². The minimum absolute atomic E-state index is 0. The molecule has 0 saturated heterocycles. The summed E-state index contributed by atoms with van der Waals surface area (Å²) >= 11 is 0. The third-order valence-corrected chi connectivity index (χ3v) is 3.43. The molecule has 0 saturated carbocycles. The largest absolute Gasteiger partial charge is 0.329 e. The van der Waals surface area contributed by atoms with Crippen LogP contribution in [0.25, 0.3) is 0 Å². The molecule has 5 heteroatoms. The Kier molecular flexibility index (Phi) is 6.74. The molecule has 0 aliphatic carbocycles. The highest BCUT2D eigenvalue weighted by molar-refractivity contribution is 5.85. The van der Waals surface area contributed by atoms with Crippen LogP contribution in [0.5, 0.6) is 0 Å². The van der Waals surface area contributed by atoms with E-state index < -0.39 is 11.6 Å². The van der Waals surface area contributed by atoms with Crippen LogP contribution in [-0.2, 0) is 6.54 Å². The fraction of sp³-hybridized carbons (Fsp3) is 0.538. The van der Waals surface area contributed by atoms with Crippen LogP contribution in [0.1, 0.15) is 26.3 Å². The molecular weight excluding hydrogens is 258 g/mol. The molecule has 2 nitrogen and oxygen atoms in total. The molecular formula is C13H21ClF2N2. The zero-order valence-electron chi connectivity index (χ0n) is 11.0. The lowest BCUT2D eigenvalue weighted by Gasteiger charge is -2.34. The van der Waals surface area contributed by atoms with Gasteiger partial charge < -0.3 is 11.1 Å². The third-order valence-electron chi connectivity index (χ3n) is 3.43. The van der Waals surface area contributed by atoms with E-state index in [4.69, 9.17) is 5.73 Å². The zero-order valence-corrected chi connectivity index (χ0v) is 11.8. The van der Waals surface area contributed by atoms with Crippen LogP contribution < -0.4 is 11.1 Å². The summed E-state index contributed by atoms with van der Waals surface area (Å²) in [5.74, 6) is -0.774. The van der Waals surface area contributed by atoms with E-state index in [0.717, 1.165) is 0 Å². The average molecular weight is 279 g/mol. The summed E-state index contributed by atoms with van der Waals surface area (Å²) in [6.45, 7) is 6.57. The molecule has 0 heterocycles. The van der Waals surface area contributed by atoms with Crippen molar-refractivity contribution in [3.05, 3.63) is 35.4 Å². The summed E-state index contributed by atoms with van der Waals surface area (Å²) < 4.78 is 26.8. The molecule has 0 fully saturated rings. The Labute approximate surface area is 113 Å². The fourth-order valence-corrected chi connectivity index (χ4v) is 1.50. The van der Waals surface area contributed by atoms with Crippen molar-refractivity contribution in [1.29, 1.82) is 0 Å². The zero-order chi connectivity index (χ0) is 13.1. The predicted molar refractivity (Wildman–Crippen MR) is 72.7 cm³/mol. The van der Waals surface area contributed by atoms with Crippen LogP contribution in [0, 0.1) is 17.6 Å². The maximum atomic E-state index is 13.4. The number of nitrogens with two attached hydrogens (primary N) is 1. The van der Waals surface area contributed by atoms with E-state index in [-0.39, 0.29) is 36.0 Å². The summed E-state index contributed by atoms with van der Waals surface area (Å²) in [6, 6.07) is 3.88. The average Bonchev–Trinajstić information content (AvgIpc) is 2.27. The summed E-state index contributed by atoms with van der Waals surface area (Å²) in [7, 11) is 0. The smallest absolute Gasteiger partial charge is 0.130 e. The number of halogens is 3. The van der Waals surface area contributed by atoms with Crippen LogP contribution in [0.2, 0.25) is 0 Å². The lowest BCUT2D eigenvalue weighted by molar-refractivity contribution is 0.264. The summed E-state index contributed by atoms with van der Waals surface area (Å²) in [5.41, 5.74) is 5.44. The molecule has 0 radical (unpaired) electrons. The first-order chi connectivity index (χ1) is 7.90. The van der Waals surface area contributed by atoms with Gasteiger partial charge in [-0.2, -0.15) is 0 Å². The third kappa shape index (κ3) is 3.90. The Morgan fingerprint density at radius 3 is 2.17 bits per heavy atom. The van der Waals surface area contributed by atoms with E-state index in [9.17, 15) is 8.78 Å². The maximum absolute atomic E-state index is 13.4. The van der Waals surface area contributed by atoms with Crippen molar-refractivity contribution in [2.75, 3.05) is 6.54 Å². The number of benzene rings is 1. The van der Waals surface area contributed by atoms with Crippen LogP contribution in [0.15, 0.2) is 18.2 Å². The lowest BCUT2D eigenvalue weighted by atomic mass is 9.88. The van der Waals surface area contributed by atoms with E-state index in [0.29, 0.717) is 6.54 Å². The van der Waals surface area contributed by atoms with Crippen LogP contribution in [0.4, 0.5) is 8.78 Å². The number of rotatable bonds is 5. The van der Waals surface area contributed by atoms with Gasteiger partial charge in [-0.1, -0.05) is 19.9 Å². The van der Waals surface area contributed by atoms with Gasteiger partial charge in [0, 0.05) is 24.2 Å². The number of hydrogen-bond donors (Lipinski definition) is 2. The second-order valence-electron chi connectivity index (χ2n) is 4.83. The van der Waals surface area contributed by atoms with Gasteiger partial charge in [0.25, 0.3) is 0 Å². The number of hydrogen-bond acceptors (Lipinski definition) is 2. The van der Waals surface area contributed by atoms with E-state index in [1.807, 2.05) is 20.8 Å². The van der Waals surface area contributed by atoms with Gasteiger partial charge >= 0.3 is 0 Å². The first kappa shape index (κ1) is 17.3. The molecule has 1 atom stereocenters. The molecule has 1 unspecified atom stereocenters. The van der Waals surface area contributed by atoms with E-state index in [1.165, 1.54) is 18.2 Å². The first-order valence-corrected chi connectivity index (χ1v) is 5.78. The lowest BCUT2D eigenvalue weighted by Crippen LogP contribution is -2.52. The van der Waals surface area contributed by atoms with Gasteiger partial charge in [0.1, 0.15) is 11.6 Å². The highest BCUT2D eigenvalue weighted by Crippen LogP contribution is 2.18. The van der Waals surface area contributed by atoms with E-state index in [2.05, 4.69) is 5.32 Å². The molecule has 3 N–H and O–H groups in total. The van der Waals surface area contributed by atoms with Gasteiger partial charge in [-0.25, -0.2) is 8.78 Å². The van der Waals surface area contributed by atoms with Gasteiger partial charge in [0.15, 0.2) is 0 Å². The highest BCUT2D eigenvalue weighted by Gasteiger charge is 2.26. The second kappa shape index (κ2) is 7.02. The predicted octanol–water partition coefficient (Wildman–Crippen LogP) is 2.85. The Balaban J connectivity index is 0.00000289. The van der Waals surface area contributed by atoms with Gasteiger partial charge in [-0.3, -0.25) is 0 Å². The number of nitrogens with one attached hydrogen (secondary N) is 1. The molecule has 1 rings (SSSR count). The summed E-state index contributed by atoms with van der Waals surface area (Å²) in [4.78, 5) is 0. The topological polar surface area (TPSA) is 38.0 Å². The van der Waals surface area contributed by atoms with Crippen molar-refractivity contribution in [2.45, 2.75) is 32.9 Å². The van der Waals surface area contributed by atoms with Gasteiger partial charge in [-0.15, -0.1) is 12.4 Å². The van der Waals surface area contributed by atoms with E-state index in [1.54, 1.807) is 0 Å². The molecule has 18 heavy (non-hydrogen) atoms. The Bertz CT molecular complexity index is 365. The summed E-state index contributed by atoms with van der Waals surface area (Å²) in [6.07, 6.45) is 0. The summed E-state index contributed by atoms with van der Waals surface area (Å²) in [5, 5.41) is 3.14. The van der Waals surface area contributed by atoms with Gasteiger partial charge in [-0.05, 0) is 25.0 Å². The van der Waals surface area contributed by atoms with Crippen LogP contribution in [-0.4, -0.2) is 12.1 Å². The molecule has 104 valence electrons. The fourth-order valence-electron chi connectivity index (χ4n) is 1.50. The Hall–Kier alpha value is -0.710. The van der Waals surface area contributed by atoms with E-state index >= 15 is 0 Å². The van der Waals surface area contributed by atoms with Crippen molar-refractivity contribution < 1.29 is 8.78 Å². The molecule has 0 aliphatic heterocycles. The van der Waals surface area contributed by atoms with Gasteiger partial charge in [0.2, 0.25) is 0 Å². The standard InChI is InChI=1S/C13H20F2N2.ClH/c1-9(2)13(3,8-16)17-7-10-11(14)5-4-6-12(10)15;/h4-6,9,17H,7-8,16H2,1-3H3;1H. The normalized spacial score (nSPS) is 14.2. The second-order valence-corrected chi connectivity index (χ2v) is 4.83. The maximum Gasteiger partial charge on any atom is 0.130 e. The molecule has 0 aromatic heterocycles. The van der Waals surface area contributed by atoms with Gasteiger partial charge in [0.05, 0.1) is 0 Å². The monoisotopic (exact) mass is 278 g/mol. The van der Waals surface area contributed by atoms with Crippen molar-refractivity contribution in [3.8, 4) is 0 Å². The molecule has 1 aromatic rings. The van der Waals surface area contributed by atoms with Crippen molar-refractivity contribution >= 4 is 12.4 Å².